The Morgan fingerprint density at radius 2 is 2.50 bits per heavy atom. The van der Waals surface area contributed by atoms with Crippen LogP contribution in [0.4, 0.5) is 0 Å². The molecule has 1 saturated heterocycles. The predicted molar refractivity (Wildman–Crippen MR) is 67.8 cm³/mol. The van der Waals surface area contributed by atoms with Crippen LogP contribution < -0.4 is 5.32 Å². The molecule has 2 aliphatic heterocycles. The van der Waals surface area contributed by atoms with Crippen molar-refractivity contribution in [3.05, 3.63) is 17.2 Å². The van der Waals surface area contributed by atoms with Crippen LogP contribution in [0.5, 0.6) is 0 Å². The molecule has 4 heteroatoms. The fourth-order valence-electron chi connectivity index (χ4n) is 2.70. The molecule has 1 aromatic rings. The minimum Gasteiger partial charge on any atom is -0.335 e. The van der Waals surface area contributed by atoms with Gasteiger partial charge >= 0.3 is 0 Å². The molecule has 0 aromatic carbocycles. The van der Waals surface area contributed by atoms with Gasteiger partial charge < -0.3 is 9.88 Å². The Balaban J connectivity index is 1.81. The van der Waals surface area contributed by atoms with Gasteiger partial charge in [-0.1, -0.05) is 0 Å². The Labute approximate surface area is 101 Å². The molecular formula is C12H19N3S. The molecule has 0 amide bonds. The van der Waals surface area contributed by atoms with E-state index < -0.39 is 0 Å². The second-order valence-corrected chi connectivity index (χ2v) is 5.99. The van der Waals surface area contributed by atoms with E-state index in [-0.39, 0.29) is 0 Å². The van der Waals surface area contributed by atoms with Crippen molar-refractivity contribution in [3.63, 3.8) is 0 Å². The van der Waals surface area contributed by atoms with Crippen LogP contribution in [0.1, 0.15) is 23.6 Å². The molecule has 0 saturated carbocycles. The Morgan fingerprint density at radius 1 is 1.56 bits per heavy atom. The molecule has 1 unspecified atom stereocenters. The van der Waals surface area contributed by atoms with E-state index in [1.807, 2.05) is 0 Å². The number of hydrogen-bond acceptors (Lipinski definition) is 3. The van der Waals surface area contributed by atoms with Crippen LogP contribution in [-0.4, -0.2) is 27.6 Å². The Kier molecular flexibility index (Phi) is 2.94. The van der Waals surface area contributed by atoms with E-state index in [2.05, 4.69) is 28.7 Å². The standard InChI is InChI=1S/C12H19N3S/c1-15-11-2-4-13-7-10(11)14-12(15)6-9-3-5-16-8-9/h9,13H,2-8H2,1H3. The molecule has 3 heterocycles. The molecule has 1 aromatic heterocycles. The van der Waals surface area contributed by atoms with Gasteiger partial charge in [0.25, 0.3) is 0 Å². The second-order valence-electron chi connectivity index (χ2n) is 4.84. The van der Waals surface area contributed by atoms with E-state index in [0.29, 0.717) is 0 Å². The number of fused-ring (bicyclic) bond motifs is 1. The van der Waals surface area contributed by atoms with E-state index in [1.54, 1.807) is 0 Å². The van der Waals surface area contributed by atoms with Crippen LogP contribution in [-0.2, 0) is 26.4 Å². The zero-order chi connectivity index (χ0) is 11.0. The lowest BCUT2D eigenvalue weighted by atomic mass is 10.1. The third-order valence-corrected chi connectivity index (χ3v) is 4.95. The maximum atomic E-state index is 4.80. The van der Waals surface area contributed by atoms with Gasteiger partial charge in [-0.3, -0.25) is 0 Å². The maximum absolute atomic E-state index is 4.80. The van der Waals surface area contributed by atoms with E-state index in [1.165, 1.54) is 41.6 Å². The highest BCUT2D eigenvalue weighted by molar-refractivity contribution is 7.99. The number of aromatic nitrogens is 2. The largest absolute Gasteiger partial charge is 0.335 e. The van der Waals surface area contributed by atoms with Gasteiger partial charge in [-0.2, -0.15) is 11.8 Å². The molecule has 16 heavy (non-hydrogen) atoms. The van der Waals surface area contributed by atoms with Crippen molar-refractivity contribution in [1.82, 2.24) is 14.9 Å². The third kappa shape index (κ3) is 1.89. The average Bonchev–Trinajstić information content (AvgIpc) is 2.90. The summed E-state index contributed by atoms with van der Waals surface area (Å²) in [6.45, 7) is 2.06. The van der Waals surface area contributed by atoms with Gasteiger partial charge in [0, 0.05) is 38.7 Å². The topological polar surface area (TPSA) is 29.9 Å². The summed E-state index contributed by atoms with van der Waals surface area (Å²) in [7, 11) is 2.19. The fourth-order valence-corrected chi connectivity index (χ4v) is 3.98. The summed E-state index contributed by atoms with van der Waals surface area (Å²) >= 11 is 2.09. The van der Waals surface area contributed by atoms with Gasteiger partial charge in [0.15, 0.2) is 0 Å². The highest BCUT2D eigenvalue weighted by Gasteiger charge is 2.22. The maximum Gasteiger partial charge on any atom is 0.109 e. The van der Waals surface area contributed by atoms with Crippen molar-refractivity contribution in [3.8, 4) is 0 Å². The van der Waals surface area contributed by atoms with E-state index in [0.717, 1.165) is 25.4 Å². The molecule has 1 N–H and O–H groups in total. The van der Waals surface area contributed by atoms with E-state index in [4.69, 9.17) is 4.98 Å². The molecule has 2 aliphatic rings. The van der Waals surface area contributed by atoms with Crippen LogP contribution >= 0.6 is 11.8 Å². The number of nitrogens with zero attached hydrogens (tertiary/aromatic N) is 2. The van der Waals surface area contributed by atoms with Crippen molar-refractivity contribution in [2.24, 2.45) is 13.0 Å². The molecule has 3 nitrogen and oxygen atoms in total. The lowest BCUT2D eigenvalue weighted by Gasteiger charge is -2.13. The first-order valence-electron chi connectivity index (χ1n) is 6.16. The molecule has 0 spiro atoms. The van der Waals surface area contributed by atoms with Crippen LogP contribution in [0.3, 0.4) is 0 Å². The zero-order valence-electron chi connectivity index (χ0n) is 9.83. The van der Waals surface area contributed by atoms with Crippen LogP contribution in [0.25, 0.3) is 0 Å². The van der Waals surface area contributed by atoms with Gasteiger partial charge in [0.1, 0.15) is 5.82 Å². The Bertz CT molecular complexity index is 380. The molecule has 1 fully saturated rings. The van der Waals surface area contributed by atoms with E-state index >= 15 is 0 Å². The summed E-state index contributed by atoms with van der Waals surface area (Å²) in [6, 6.07) is 0. The minimum absolute atomic E-state index is 0.862. The monoisotopic (exact) mass is 237 g/mol. The number of thioether (sulfide) groups is 1. The summed E-state index contributed by atoms with van der Waals surface area (Å²) in [5.74, 6) is 4.84. The summed E-state index contributed by atoms with van der Waals surface area (Å²) in [5.41, 5.74) is 2.74. The quantitative estimate of drug-likeness (QED) is 0.842. The van der Waals surface area contributed by atoms with Crippen molar-refractivity contribution in [2.45, 2.75) is 25.8 Å². The van der Waals surface area contributed by atoms with Gasteiger partial charge in [0.2, 0.25) is 0 Å². The summed E-state index contributed by atoms with van der Waals surface area (Å²) in [5, 5.41) is 3.40. The van der Waals surface area contributed by atoms with E-state index in [9.17, 15) is 0 Å². The van der Waals surface area contributed by atoms with Crippen molar-refractivity contribution in [1.29, 1.82) is 0 Å². The zero-order valence-corrected chi connectivity index (χ0v) is 10.6. The summed E-state index contributed by atoms with van der Waals surface area (Å²) < 4.78 is 2.35. The van der Waals surface area contributed by atoms with Gasteiger partial charge in [-0.25, -0.2) is 4.98 Å². The fraction of sp³-hybridized carbons (Fsp3) is 0.750. The van der Waals surface area contributed by atoms with Crippen LogP contribution in [0, 0.1) is 5.92 Å². The smallest absolute Gasteiger partial charge is 0.109 e. The predicted octanol–water partition coefficient (Wildman–Crippen LogP) is 1.36. The number of rotatable bonds is 2. The van der Waals surface area contributed by atoms with Gasteiger partial charge in [-0.15, -0.1) is 0 Å². The van der Waals surface area contributed by atoms with Gasteiger partial charge in [0.05, 0.1) is 5.69 Å². The Morgan fingerprint density at radius 3 is 3.25 bits per heavy atom. The molecule has 0 aliphatic carbocycles. The third-order valence-electron chi connectivity index (χ3n) is 3.72. The van der Waals surface area contributed by atoms with Crippen LogP contribution in [0.15, 0.2) is 0 Å². The Hall–Kier alpha value is -0.480. The number of hydrogen-bond donors (Lipinski definition) is 1. The molecule has 0 bridgehead atoms. The van der Waals surface area contributed by atoms with Gasteiger partial charge in [-0.05, 0) is 23.8 Å². The van der Waals surface area contributed by atoms with Crippen molar-refractivity contribution < 1.29 is 0 Å². The first kappa shape index (κ1) is 10.7. The first-order valence-corrected chi connectivity index (χ1v) is 7.32. The lowest BCUT2D eigenvalue weighted by molar-refractivity contribution is 0.558. The first-order chi connectivity index (χ1) is 7.84. The normalized spacial score (nSPS) is 24.7. The SMILES string of the molecule is Cn1c(CC2CCSC2)nc2c1CCNC2. The molecule has 1 atom stereocenters. The molecule has 3 rings (SSSR count). The molecule has 88 valence electrons. The minimum atomic E-state index is 0.862. The second kappa shape index (κ2) is 4.41. The van der Waals surface area contributed by atoms with Crippen molar-refractivity contribution >= 4 is 11.8 Å². The highest BCUT2D eigenvalue weighted by Crippen LogP contribution is 2.27. The van der Waals surface area contributed by atoms with Crippen LogP contribution in [0.2, 0.25) is 0 Å². The average molecular weight is 237 g/mol. The highest BCUT2D eigenvalue weighted by atomic mass is 32.2. The summed E-state index contributed by atoms with van der Waals surface area (Å²) in [4.78, 5) is 4.80. The van der Waals surface area contributed by atoms with Crippen molar-refractivity contribution in [2.75, 3.05) is 18.1 Å². The summed E-state index contributed by atoms with van der Waals surface area (Å²) in [6.07, 6.45) is 3.69. The molecule has 0 radical (unpaired) electrons. The lowest BCUT2D eigenvalue weighted by Crippen LogP contribution is -2.24. The number of nitrogens with one attached hydrogen (secondary N) is 1. The number of imidazole rings is 1. The molecular weight excluding hydrogens is 218 g/mol.